The first kappa shape index (κ1) is 31.5. The third-order valence-electron chi connectivity index (χ3n) is 7.04. The van der Waals surface area contributed by atoms with Crippen LogP contribution >= 0.6 is 0 Å². The van der Waals surface area contributed by atoms with Crippen LogP contribution in [0.2, 0.25) is 0 Å². The van der Waals surface area contributed by atoms with Crippen LogP contribution in [0.3, 0.4) is 0 Å². The molecule has 0 aliphatic rings. The minimum Gasteiger partial charge on any atom is -0.465 e. The van der Waals surface area contributed by atoms with E-state index in [1.807, 2.05) is 6.92 Å². The van der Waals surface area contributed by atoms with Crippen LogP contribution in [0.4, 0.5) is 0 Å². The van der Waals surface area contributed by atoms with E-state index in [0.29, 0.717) is 12.5 Å². The van der Waals surface area contributed by atoms with Crippen LogP contribution < -0.4 is 0 Å². The molecular weight excluding hydrogens is 392 g/mol. The fourth-order valence-corrected chi connectivity index (χ4v) is 4.61. The zero-order chi connectivity index (χ0) is 23.7. The van der Waals surface area contributed by atoms with Crippen LogP contribution in [-0.2, 0) is 9.53 Å². The average Bonchev–Trinajstić information content (AvgIpc) is 2.80. The number of ether oxygens (including phenoxy) is 1. The van der Waals surface area contributed by atoms with E-state index in [0.717, 1.165) is 12.8 Å². The molecule has 2 heteroatoms. The van der Waals surface area contributed by atoms with Crippen molar-refractivity contribution < 1.29 is 9.53 Å². The monoisotopic (exact) mass is 452 g/mol. The van der Waals surface area contributed by atoms with Crippen molar-refractivity contribution in [2.75, 3.05) is 6.61 Å². The minimum atomic E-state index is 0.0390. The van der Waals surface area contributed by atoms with Gasteiger partial charge in [-0.15, -0.1) is 0 Å². The van der Waals surface area contributed by atoms with Crippen LogP contribution in [0.5, 0.6) is 0 Å². The molecule has 0 bridgehead atoms. The zero-order valence-corrected chi connectivity index (χ0v) is 22.7. The molecule has 0 aromatic heterocycles. The van der Waals surface area contributed by atoms with Gasteiger partial charge in [0, 0.05) is 0 Å². The van der Waals surface area contributed by atoms with Crippen molar-refractivity contribution in [3.63, 3.8) is 0 Å². The molecule has 0 radical (unpaired) electrons. The Hall–Kier alpha value is -0.530. The molecule has 0 aromatic carbocycles. The highest BCUT2D eigenvalue weighted by Gasteiger charge is 2.17. The summed E-state index contributed by atoms with van der Waals surface area (Å²) in [6.07, 6.45) is 29.0. The first-order valence-corrected chi connectivity index (χ1v) is 14.8. The summed E-state index contributed by atoms with van der Waals surface area (Å²) < 4.78 is 5.80. The number of carbonyl (C=O) groups is 1. The standard InChI is InChI=1S/C30H60O2/c1-5-8-11-13-15-16-17-18-20-23-26-29(25-22-19-14-12-9-6-2)27-32-30(31)28(4)24-21-10-7-3/h28-29H,5-27H2,1-4H3. The minimum absolute atomic E-state index is 0.0390. The molecule has 2 unspecified atom stereocenters. The molecule has 0 N–H and O–H groups in total. The quantitative estimate of drug-likeness (QED) is 0.102. The second kappa shape index (κ2) is 25.1. The van der Waals surface area contributed by atoms with Crippen molar-refractivity contribution in [2.24, 2.45) is 11.8 Å². The van der Waals surface area contributed by atoms with Crippen LogP contribution in [0, 0.1) is 11.8 Å². The van der Waals surface area contributed by atoms with Gasteiger partial charge in [-0.1, -0.05) is 150 Å². The van der Waals surface area contributed by atoms with Gasteiger partial charge in [0.15, 0.2) is 0 Å². The predicted molar refractivity (Wildman–Crippen MR) is 142 cm³/mol. The van der Waals surface area contributed by atoms with E-state index >= 15 is 0 Å². The lowest BCUT2D eigenvalue weighted by Gasteiger charge is -2.19. The van der Waals surface area contributed by atoms with E-state index in [1.54, 1.807) is 0 Å². The summed E-state index contributed by atoms with van der Waals surface area (Å²) in [6, 6.07) is 0. The molecule has 0 heterocycles. The Morgan fingerprint density at radius 3 is 1.31 bits per heavy atom. The van der Waals surface area contributed by atoms with E-state index in [4.69, 9.17) is 4.74 Å². The van der Waals surface area contributed by atoms with Crippen molar-refractivity contribution in [1.29, 1.82) is 0 Å². The van der Waals surface area contributed by atoms with Gasteiger partial charge in [-0.25, -0.2) is 0 Å². The number of hydrogen-bond acceptors (Lipinski definition) is 2. The number of rotatable bonds is 25. The predicted octanol–water partition coefficient (Wildman–Crippen LogP) is 10.4. The molecule has 0 saturated carbocycles. The second-order valence-corrected chi connectivity index (χ2v) is 10.4. The molecule has 0 aromatic rings. The third-order valence-corrected chi connectivity index (χ3v) is 7.04. The summed E-state index contributed by atoms with van der Waals surface area (Å²) in [7, 11) is 0. The average molecular weight is 453 g/mol. The van der Waals surface area contributed by atoms with E-state index in [-0.39, 0.29) is 11.9 Å². The Labute approximate surface area is 203 Å². The topological polar surface area (TPSA) is 26.3 Å². The van der Waals surface area contributed by atoms with Gasteiger partial charge in [0.05, 0.1) is 12.5 Å². The summed E-state index contributed by atoms with van der Waals surface area (Å²) in [4.78, 5) is 12.4. The highest BCUT2D eigenvalue weighted by Crippen LogP contribution is 2.21. The van der Waals surface area contributed by atoms with Gasteiger partial charge in [0.2, 0.25) is 0 Å². The van der Waals surface area contributed by atoms with Gasteiger partial charge in [0.25, 0.3) is 0 Å². The molecule has 2 nitrogen and oxygen atoms in total. The summed E-state index contributed by atoms with van der Waals surface area (Å²) >= 11 is 0. The van der Waals surface area contributed by atoms with Crippen LogP contribution in [0.25, 0.3) is 0 Å². The van der Waals surface area contributed by atoms with Gasteiger partial charge >= 0.3 is 5.97 Å². The van der Waals surface area contributed by atoms with Gasteiger partial charge < -0.3 is 4.74 Å². The number of carbonyl (C=O) groups excluding carboxylic acids is 1. The maximum Gasteiger partial charge on any atom is 0.308 e. The largest absolute Gasteiger partial charge is 0.465 e. The maximum atomic E-state index is 12.4. The van der Waals surface area contributed by atoms with Gasteiger partial charge in [-0.05, 0) is 25.2 Å². The molecule has 32 heavy (non-hydrogen) atoms. The molecule has 0 amide bonds. The lowest BCUT2D eigenvalue weighted by molar-refractivity contribution is -0.149. The first-order valence-electron chi connectivity index (χ1n) is 14.8. The van der Waals surface area contributed by atoms with Crippen LogP contribution in [0.15, 0.2) is 0 Å². The van der Waals surface area contributed by atoms with Crippen LogP contribution in [-0.4, -0.2) is 12.6 Å². The fourth-order valence-electron chi connectivity index (χ4n) is 4.61. The Kier molecular flexibility index (Phi) is 24.7. The highest BCUT2D eigenvalue weighted by molar-refractivity contribution is 5.71. The molecular formula is C30H60O2. The van der Waals surface area contributed by atoms with E-state index in [1.165, 1.54) is 128 Å². The molecule has 0 fully saturated rings. The van der Waals surface area contributed by atoms with E-state index in [9.17, 15) is 4.79 Å². The smallest absolute Gasteiger partial charge is 0.308 e. The van der Waals surface area contributed by atoms with Crippen molar-refractivity contribution in [1.82, 2.24) is 0 Å². The maximum absolute atomic E-state index is 12.4. The molecule has 0 rings (SSSR count). The number of unbranched alkanes of at least 4 members (excludes halogenated alkanes) is 16. The number of hydrogen-bond donors (Lipinski definition) is 0. The Balaban J connectivity index is 4.07. The molecule has 0 aliphatic carbocycles. The lowest BCUT2D eigenvalue weighted by Crippen LogP contribution is -2.19. The van der Waals surface area contributed by atoms with Gasteiger partial charge in [-0.3, -0.25) is 4.79 Å². The fraction of sp³-hybridized carbons (Fsp3) is 0.967. The van der Waals surface area contributed by atoms with Crippen LogP contribution in [0.1, 0.15) is 169 Å². The van der Waals surface area contributed by atoms with Crippen molar-refractivity contribution >= 4 is 5.97 Å². The Morgan fingerprint density at radius 1 is 0.531 bits per heavy atom. The van der Waals surface area contributed by atoms with Crippen molar-refractivity contribution in [3.05, 3.63) is 0 Å². The van der Waals surface area contributed by atoms with E-state index in [2.05, 4.69) is 20.8 Å². The SMILES string of the molecule is CCCCCCCCCCCCC(CCCCCCCC)COC(=O)C(C)CCCCC. The molecule has 0 spiro atoms. The van der Waals surface area contributed by atoms with Crippen molar-refractivity contribution in [2.45, 2.75) is 169 Å². The molecule has 0 aliphatic heterocycles. The normalized spacial score (nSPS) is 13.2. The highest BCUT2D eigenvalue weighted by atomic mass is 16.5. The Bertz CT molecular complexity index is 379. The summed E-state index contributed by atoms with van der Waals surface area (Å²) in [5, 5.41) is 0. The second-order valence-electron chi connectivity index (χ2n) is 10.4. The summed E-state index contributed by atoms with van der Waals surface area (Å²) in [5.41, 5.74) is 0. The molecule has 0 saturated heterocycles. The van der Waals surface area contributed by atoms with Gasteiger partial charge in [0.1, 0.15) is 0 Å². The van der Waals surface area contributed by atoms with E-state index < -0.39 is 0 Å². The lowest BCUT2D eigenvalue weighted by atomic mass is 9.94. The Morgan fingerprint density at radius 2 is 0.875 bits per heavy atom. The van der Waals surface area contributed by atoms with Gasteiger partial charge in [-0.2, -0.15) is 0 Å². The molecule has 192 valence electrons. The van der Waals surface area contributed by atoms with Crippen molar-refractivity contribution in [3.8, 4) is 0 Å². The zero-order valence-electron chi connectivity index (χ0n) is 22.7. The molecule has 2 atom stereocenters. The first-order chi connectivity index (χ1) is 15.7. The summed E-state index contributed by atoms with van der Waals surface area (Å²) in [5.74, 6) is 0.674. The third kappa shape index (κ3) is 21.3. The number of esters is 1. The summed E-state index contributed by atoms with van der Waals surface area (Å²) in [6.45, 7) is 9.48.